The molecule has 1 atom stereocenters. The Balaban J connectivity index is 1.47. The van der Waals surface area contributed by atoms with E-state index in [2.05, 4.69) is 28.5 Å². The second-order valence-electron chi connectivity index (χ2n) is 6.39. The summed E-state index contributed by atoms with van der Waals surface area (Å²) in [7, 11) is 0. The quantitative estimate of drug-likeness (QED) is 0.755. The molecule has 128 valence electrons. The van der Waals surface area contributed by atoms with Crippen molar-refractivity contribution in [3.05, 3.63) is 64.4 Å². The fourth-order valence-electron chi connectivity index (χ4n) is 3.40. The average molecular weight is 352 g/mol. The van der Waals surface area contributed by atoms with Crippen LogP contribution in [0.1, 0.15) is 41.5 Å². The number of oxazole rings is 1. The molecule has 0 fully saturated rings. The molecule has 1 aromatic carbocycles. The molecule has 1 N–H and O–H groups in total. The standard InChI is InChI=1S/C20H20N2O2S/c1-13-17(22-20(24-13)18-10-5-11-25-18)12-19(23)21-16-9-4-7-14-6-2-3-8-15(14)16/h2-3,5-6,8,10-11,16H,4,7,9,12H2,1H3,(H,21,23). The zero-order chi connectivity index (χ0) is 17.2. The summed E-state index contributed by atoms with van der Waals surface area (Å²) in [6, 6.07) is 12.4. The van der Waals surface area contributed by atoms with Crippen LogP contribution >= 0.6 is 11.3 Å². The van der Waals surface area contributed by atoms with Crippen LogP contribution in [0.15, 0.2) is 46.2 Å². The van der Waals surface area contributed by atoms with Gasteiger partial charge in [0.15, 0.2) is 0 Å². The first kappa shape index (κ1) is 16.1. The van der Waals surface area contributed by atoms with Gasteiger partial charge >= 0.3 is 0 Å². The third-order valence-corrected chi connectivity index (χ3v) is 5.52. The maximum atomic E-state index is 12.5. The third-order valence-electron chi connectivity index (χ3n) is 4.66. The van der Waals surface area contributed by atoms with Gasteiger partial charge in [0.1, 0.15) is 5.76 Å². The molecule has 25 heavy (non-hydrogen) atoms. The molecule has 1 unspecified atom stereocenters. The van der Waals surface area contributed by atoms with Crippen LogP contribution in [-0.2, 0) is 17.6 Å². The lowest BCUT2D eigenvalue weighted by Crippen LogP contribution is -2.32. The summed E-state index contributed by atoms with van der Waals surface area (Å²) in [5.74, 6) is 1.30. The molecule has 4 nitrogen and oxygen atoms in total. The molecule has 1 amide bonds. The smallest absolute Gasteiger partial charge is 0.236 e. The summed E-state index contributed by atoms with van der Waals surface area (Å²) in [5.41, 5.74) is 3.31. The number of nitrogens with zero attached hydrogens (tertiary/aromatic N) is 1. The number of carbonyl (C=O) groups is 1. The number of benzene rings is 1. The molecule has 1 aliphatic carbocycles. The van der Waals surface area contributed by atoms with E-state index in [0.717, 1.165) is 24.1 Å². The van der Waals surface area contributed by atoms with E-state index in [4.69, 9.17) is 4.42 Å². The first-order chi connectivity index (χ1) is 12.2. The highest BCUT2D eigenvalue weighted by molar-refractivity contribution is 7.13. The van der Waals surface area contributed by atoms with Crippen LogP contribution in [0.25, 0.3) is 10.8 Å². The highest BCUT2D eigenvalue weighted by Gasteiger charge is 2.22. The van der Waals surface area contributed by atoms with Crippen molar-refractivity contribution in [1.82, 2.24) is 10.3 Å². The summed E-state index contributed by atoms with van der Waals surface area (Å²) in [4.78, 5) is 18.0. The highest BCUT2D eigenvalue weighted by atomic mass is 32.1. The van der Waals surface area contributed by atoms with Gasteiger partial charge in [0.2, 0.25) is 11.8 Å². The number of hydrogen-bond donors (Lipinski definition) is 1. The summed E-state index contributed by atoms with van der Waals surface area (Å²) in [6.45, 7) is 1.86. The van der Waals surface area contributed by atoms with Gasteiger partial charge in [-0.1, -0.05) is 30.3 Å². The van der Waals surface area contributed by atoms with E-state index in [1.165, 1.54) is 11.1 Å². The number of amides is 1. The normalized spacial score (nSPS) is 16.4. The van der Waals surface area contributed by atoms with E-state index < -0.39 is 0 Å². The Morgan fingerprint density at radius 2 is 2.20 bits per heavy atom. The van der Waals surface area contributed by atoms with E-state index >= 15 is 0 Å². The average Bonchev–Trinajstić information content (AvgIpc) is 3.26. The van der Waals surface area contributed by atoms with Crippen LogP contribution in [0.4, 0.5) is 0 Å². The molecular weight excluding hydrogens is 332 g/mol. The molecule has 3 aromatic rings. The van der Waals surface area contributed by atoms with Crippen molar-refractivity contribution in [3.63, 3.8) is 0 Å². The second-order valence-corrected chi connectivity index (χ2v) is 7.33. The van der Waals surface area contributed by atoms with Gasteiger partial charge in [-0.05, 0) is 48.8 Å². The number of hydrogen-bond acceptors (Lipinski definition) is 4. The molecule has 2 heterocycles. The van der Waals surface area contributed by atoms with Gasteiger partial charge in [-0.15, -0.1) is 11.3 Å². The minimum Gasteiger partial charge on any atom is -0.440 e. The summed E-state index contributed by atoms with van der Waals surface area (Å²) in [6.07, 6.45) is 3.43. The van der Waals surface area contributed by atoms with Gasteiger partial charge in [-0.25, -0.2) is 4.98 Å². The molecule has 0 radical (unpaired) electrons. The minimum absolute atomic E-state index is 0.00386. The van der Waals surface area contributed by atoms with E-state index in [9.17, 15) is 4.79 Å². The molecule has 0 saturated carbocycles. The van der Waals surface area contributed by atoms with Crippen LogP contribution < -0.4 is 5.32 Å². The van der Waals surface area contributed by atoms with Gasteiger partial charge in [-0.2, -0.15) is 0 Å². The largest absolute Gasteiger partial charge is 0.440 e. The van der Waals surface area contributed by atoms with Gasteiger partial charge < -0.3 is 9.73 Å². The van der Waals surface area contributed by atoms with E-state index in [1.807, 2.05) is 30.5 Å². The van der Waals surface area contributed by atoms with E-state index in [1.54, 1.807) is 11.3 Å². The first-order valence-corrected chi connectivity index (χ1v) is 9.46. The van der Waals surface area contributed by atoms with Crippen molar-refractivity contribution in [1.29, 1.82) is 0 Å². The number of thiophene rings is 1. The van der Waals surface area contributed by atoms with Crippen LogP contribution in [0.5, 0.6) is 0 Å². The lowest BCUT2D eigenvalue weighted by Gasteiger charge is -2.26. The van der Waals surface area contributed by atoms with Crippen LogP contribution in [0.2, 0.25) is 0 Å². The molecular formula is C20H20N2O2S. The van der Waals surface area contributed by atoms with Gasteiger partial charge in [-0.3, -0.25) is 4.79 Å². The van der Waals surface area contributed by atoms with Crippen LogP contribution in [0.3, 0.4) is 0 Å². The number of rotatable bonds is 4. The third kappa shape index (κ3) is 3.37. The van der Waals surface area contributed by atoms with Crippen LogP contribution in [0, 0.1) is 6.92 Å². The molecule has 0 aliphatic heterocycles. The van der Waals surface area contributed by atoms with Gasteiger partial charge in [0.05, 0.1) is 23.0 Å². The number of aromatic nitrogens is 1. The van der Waals surface area contributed by atoms with Crippen molar-refractivity contribution in [3.8, 4) is 10.8 Å². The van der Waals surface area contributed by atoms with Crippen molar-refractivity contribution in [2.45, 2.75) is 38.6 Å². The lowest BCUT2D eigenvalue weighted by atomic mass is 9.87. The van der Waals surface area contributed by atoms with Crippen molar-refractivity contribution in [2.75, 3.05) is 0 Å². The number of nitrogens with one attached hydrogen (secondary N) is 1. The van der Waals surface area contributed by atoms with E-state index in [-0.39, 0.29) is 18.4 Å². The number of fused-ring (bicyclic) bond motifs is 1. The molecule has 4 rings (SSSR count). The fraction of sp³-hybridized carbons (Fsp3) is 0.300. The maximum absolute atomic E-state index is 12.5. The number of aryl methyl sites for hydroxylation is 2. The minimum atomic E-state index is -0.00386. The monoisotopic (exact) mass is 352 g/mol. The van der Waals surface area contributed by atoms with Crippen LogP contribution in [-0.4, -0.2) is 10.9 Å². The Morgan fingerprint density at radius 3 is 3.04 bits per heavy atom. The molecule has 1 aliphatic rings. The Hall–Kier alpha value is -2.40. The van der Waals surface area contributed by atoms with Crippen molar-refractivity contribution >= 4 is 17.2 Å². The Kier molecular flexibility index (Phi) is 4.40. The predicted octanol–water partition coefficient (Wildman–Crippen LogP) is 4.45. The molecule has 0 bridgehead atoms. The predicted molar refractivity (Wildman–Crippen MR) is 98.5 cm³/mol. The Morgan fingerprint density at radius 1 is 1.32 bits per heavy atom. The van der Waals surface area contributed by atoms with Crippen molar-refractivity contribution in [2.24, 2.45) is 0 Å². The topological polar surface area (TPSA) is 55.1 Å². The number of carbonyl (C=O) groups excluding carboxylic acids is 1. The summed E-state index contributed by atoms with van der Waals surface area (Å²) < 4.78 is 5.73. The van der Waals surface area contributed by atoms with Gasteiger partial charge in [0.25, 0.3) is 0 Å². The van der Waals surface area contributed by atoms with Gasteiger partial charge in [0, 0.05) is 0 Å². The summed E-state index contributed by atoms with van der Waals surface area (Å²) in [5, 5.41) is 5.16. The molecule has 2 aromatic heterocycles. The lowest BCUT2D eigenvalue weighted by molar-refractivity contribution is -0.121. The Bertz CT molecular complexity index is 883. The SMILES string of the molecule is Cc1oc(-c2cccs2)nc1CC(=O)NC1CCCc2ccccc21. The zero-order valence-corrected chi connectivity index (χ0v) is 14.9. The fourth-order valence-corrected chi connectivity index (χ4v) is 4.05. The highest BCUT2D eigenvalue weighted by Crippen LogP contribution is 2.30. The van der Waals surface area contributed by atoms with E-state index in [0.29, 0.717) is 17.3 Å². The molecule has 0 saturated heterocycles. The Labute approximate surface area is 150 Å². The molecule has 0 spiro atoms. The summed E-state index contributed by atoms with van der Waals surface area (Å²) >= 11 is 1.58. The maximum Gasteiger partial charge on any atom is 0.236 e. The first-order valence-electron chi connectivity index (χ1n) is 8.58. The zero-order valence-electron chi connectivity index (χ0n) is 14.1. The van der Waals surface area contributed by atoms with Crippen molar-refractivity contribution < 1.29 is 9.21 Å². The second kappa shape index (κ2) is 6.84. The molecule has 5 heteroatoms.